The van der Waals surface area contributed by atoms with E-state index in [0.717, 1.165) is 16.4 Å². The zero-order valence-corrected chi connectivity index (χ0v) is 14.0. The van der Waals surface area contributed by atoms with Gasteiger partial charge in [0.05, 0.1) is 5.25 Å². The fourth-order valence-electron chi connectivity index (χ4n) is 1.91. The molecule has 1 aromatic heterocycles. The number of nitrogens with one attached hydrogen (secondary N) is 1. The average Bonchev–Trinajstić information content (AvgIpc) is 2.99. The first-order valence-electron chi connectivity index (χ1n) is 6.94. The van der Waals surface area contributed by atoms with Crippen molar-refractivity contribution in [3.05, 3.63) is 35.3 Å². The van der Waals surface area contributed by atoms with Crippen molar-refractivity contribution in [2.75, 3.05) is 5.32 Å². The first kappa shape index (κ1) is 16.0. The Morgan fingerprint density at radius 2 is 2.14 bits per heavy atom. The number of nitrogens with zero attached hydrogens (tertiary/aromatic N) is 2. The first-order chi connectivity index (χ1) is 10.1. The van der Waals surface area contributed by atoms with Crippen molar-refractivity contribution in [1.82, 2.24) is 10.2 Å². The fourth-order valence-corrected chi connectivity index (χ4v) is 3.54. The third-order valence-electron chi connectivity index (χ3n) is 3.35. The van der Waals surface area contributed by atoms with E-state index in [1.54, 1.807) is 5.51 Å². The summed E-state index contributed by atoms with van der Waals surface area (Å²) in [4.78, 5) is 12.3. The van der Waals surface area contributed by atoms with E-state index in [2.05, 4.69) is 35.4 Å². The monoisotopic (exact) mass is 321 g/mol. The Hall–Kier alpha value is -1.40. The van der Waals surface area contributed by atoms with Crippen molar-refractivity contribution < 1.29 is 4.79 Å². The molecule has 1 heterocycles. The molecule has 2 aromatic rings. The van der Waals surface area contributed by atoms with Crippen LogP contribution < -0.4 is 5.32 Å². The van der Waals surface area contributed by atoms with Gasteiger partial charge in [-0.15, -0.1) is 10.2 Å². The van der Waals surface area contributed by atoms with E-state index in [9.17, 15) is 4.79 Å². The Morgan fingerprint density at radius 1 is 1.38 bits per heavy atom. The summed E-state index contributed by atoms with van der Waals surface area (Å²) in [6.07, 6.45) is 1.04. The van der Waals surface area contributed by atoms with Gasteiger partial charge >= 0.3 is 0 Å². The standard InChI is InChI=1S/C15H19N3OS2/c1-4-10(2)12-7-5-6-8-13(12)17-14(19)11(3)21-15-18-16-9-20-15/h5-11H,4H2,1-3H3,(H,17,19)/t10-,11-/m0/s1. The molecule has 6 heteroatoms. The number of thioether (sulfide) groups is 1. The van der Waals surface area contributed by atoms with Gasteiger partial charge in [0.15, 0.2) is 4.34 Å². The number of amides is 1. The molecular weight excluding hydrogens is 302 g/mol. The number of rotatable bonds is 6. The van der Waals surface area contributed by atoms with Crippen LogP contribution in [0.25, 0.3) is 0 Å². The molecule has 1 amide bonds. The maximum Gasteiger partial charge on any atom is 0.237 e. The van der Waals surface area contributed by atoms with E-state index in [1.165, 1.54) is 28.7 Å². The predicted octanol–water partition coefficient (Wildman–Crippen LogP) is 4.17. The van der Waals surface area contributed by atoms with E-state index < -0.39 is 0 Å². The molecule has 0 unspecified atom stereocenters. The van der Waals surface area contributed by atoms with Crippen molar-refractivity contribution >= 4 is 34.7 Å². The number of anilines is 1. The number of aromatic nitrogens is 2. The minimum absolute atomic E-state index is 0.00838. The molecule has 0 bridgehead atoms. The lowest BCUT2D eigenvalue weighted by Gasteiger charge is -2.17. The highest BCUT2D eigenvalue weighted by atomic mass is 32.2. The SMILES string of the molecule is CC[C@H](C)c1ccccc1NC(=O)[C@H](C)Sc1nncs1. The molecule has 0 saturated heterocycles. The average molecular weight is 321 g/mol. The summed E-state index contributed by atoms with van der Waals surface area (Å²) >= 11 is 2.88. The summed E-state index contributed by atoms with van der Waals surface area (Å²) in [5, 5.41) is 10.6. The number of para-hydroxylation sites is 1. The van der Waals surface area contributed by atoms with Crippen molar-refractivity contribution in [2.24, 2.45) is 0 Å². The number of carbonyl (C=O) groups is 1. The van der Waals surface area contributed by atoms with Crippen LogP contribution in [-0.2, 0) is 4.79 Å². The van der Waals surface area contributed by atoms with Crippen molar-refractivity contribution in [3.8, 4) is 0 Å². The Morgan fingerprint density at radius 3 is 2.81 bits per heavy atom. The molecule has 112 valence electrons. The summed E-state index contributed by atoms with van der Waals surface area (Å²) in [6.45, 7) is 6.20. The van der Waals surface area contributed by atoms with Crippen LogP contribution in [0, 0.1) is 0 Å². The molecule has 1 aromatic carbocycles. The summed E-state index contributed by atoms with van der Waals surface area (Å²) in [5.74, 6) is 0.415. The van der Waals surface area contributed by atoms with Crippen LogP contribution in [0.4, 0.5) is 5.69 Å². The minimum atomic E-state index is -0.206. The van der Waals surface area contributed by atoms with Gasteiger partial charge in [0.2, 0.25) is 5.91 Å². The quantitative estimate of drug-likeness (QED) is 0.811. The van der Waals surface area contributed by atoms with Gasteiger partial charge in [-0.2, -0.15) is 0 Å². The Bertz CT molecular complexity index is 586. The highest BCUT2D eigenvalue weighted by Gasteiger charge is 2.18. The maximum absolute atomic E-state index is 12.3. The van der Waals surface area contributed by atoms with Gasteiger partial charge in [-0.1, -0.05) is 55.1 Å². The number of hydrogen-bond donors (Lipinski definition) is 1. The van der Waals surface area contributed by atoms with E-state index >= 15 is 0 Å². The summed E-state index contributed by atoms with van der Waals surface area (Å²) in [5.41, 5.74) is 3.76. The van der Waals surface area contributed by atoms with Gasteiger partial charge in [-0.05, 0) is 30.9 Å². The zero-order valence-electron chi connectivity index (χ0n) is 12.4. The van der Waals surface area contributed by atoms with E-state index in [0.29, 0.717) is 5.92 Å². The lowest BCUT2D eigenvalue weighted by atomic mass is 9.97. The minimum Gasteiger partial charge on any atom is -0.325 e. The second kappa shape index (κ2) is 7.56. The maximum atomic E-state index is 12.3. The normalized spacial score (nSPS) is 13.7. The van der Waals surface area contributed by atoms with Gasteiger partial charge in [0, 0.05) is 5.69 Å². The molecule has 1 N–H and O–H groups in total. The fraction of sp³-hybridized carbons (Fsp3) is 0.400. The summed E-state index contributed by atoms with van der Waals surface area (Å²) in [7, 11) is 0. The summed E-state index contributed by atoms with van der Waals surface area (Å²) in [6, 6.07) is 7.99. The number of carbonyl (C=O) groups excluding carboxylic acids is 1. The molecule has 0 aliphatic heterocycles. The smallest absolute Gasteiger partial charge is 0.237 e. The third-order valence-corrected chi connectivity index (χ3v) is 5.26. The molecule has 0 spiro atoms. The first-order valence-corrected chi connectivity index (χ1v) is 8.70. The van der Waals surface area contributed by atoms with Crippen LogP contribution in [-0.4, -0.2) is 21.4 Å². The second-order valence-electron chi connectivity index (χ2n) is 4.85. The molecule has 0 aliphatic rings. The van der Waals surface area contributed by atoms with Crippen LogP contribution in [0.3, 0.4) is 0 Å². The molecule has 2 atom stereocenters. The topological polar surface area (TPSA) is 54.9 Å². The van der Waals surface area contributed by atoms with Gasteiger partial charge in [-0.25, -0.2) is 0 Å². The molecular formula is C15H19N3OS2. The summed E-state index contributed by atoms with van der Waals surface area (Å²) < 4.78 is 0.813. The van der Waals surface area contributed by atoms with Gasteiger partial charge in [0.25, 0.3) is 0 Å². The van der Waals surface area contributed by atoms with E-state index in [1.807, 2.05) is 25.1 Å². The van der Waals surface area contributed by atoms with E-state index in [4.69, 9.17) is 0 Å². The Balaban J connectivity index is 2.05. The second-order valence-corrected chi connectivity index (χ2v) is 7.27. The molecule has 0 aliphatic carbocycles. The third kappa shape index (κ3) is 4.28. The molecule has 21 heavy (non-hydrogen) atoms. The van der Waals surface area contributed by atoms with Crippen LogP contribution in [0.1, 0.15) is 38.7 Å². The van der Waals surface area contributed by atoms with Gasteiger partial charge in [-0.3, -0.25) is 4.79 Å². The predicted molar refractivity (Wildman–Crippen MR) is 89.0 cm³/mol. The van der Waals surface area contributed by atoms with Crippen LogP contribution in [0.5, 0.6) is 0 Å². The van der Waals surface area contributed by atoms with Crippen molar-refractivity contribution in [2.45, 2.75) is 42.7 Å². The number of hydrogen-bond acceptors (Lipinski definition) is 5. The van der Waals surface area contributed by atoms with Crippen molar-refractivity contribution in [1.29, 1.82) is 0 Å². The lowest BCUT2D eigenvalue weighted by Crippen LogP contribution is -2.23. The van der Waals surface area contributed by atoms with Gasteiger partial charge in [0.1, 0.15) is 5.51 Å². The van der Waals surface area contributed by atoms with E-state index in [-0.39, 0.29) is 11.2 Å². The molecule has 0 fully saturated rings. The number of benzene rings is 1. The molecule has 4 nitrogen and oxygen atoms in total. The van der Waals surface area contributed by atoms with Crippen LogP contribution in [0.15, 0.2) is 34.1 Å². The van der Waals surface area contributed by atoms with Crippen LogP contribution >= 0.6 is 23.1 Å². The molecule has 2 rings (SSSR count). The molecule has 0 radical (unpaired) electrons. The Kier molecular flexibility index (Phi) is 5.76. The highest BCUT2D eigenvalue weighted by molar-refractivity contribution is 8.02. The lowest BCUT2D eigenvalue weighted by molar-refractivity contribution is -0.115. The highest BCUT2D eigenvalue weighted by Crippen LogP contribution is 2.28. The largest absolute Gasteiger partial charge is 0.325 e. The molecule has 0 saturated carbocycles. The Labute approximate surface area is 133 Å². The zero-order chi connectivity index (χ0) is 15.2. The van der Waals surface area contributed by atoms with Gasteiger partial charge < -0.3 is 5.32 Å². The van der Waals surface area contributed by atoms with Crippen LogP contribution in [0.2, 0.25) is 0 Å². The van der Waals surface area contributed by atoms with Crippen molar-refractivity contribution in [3.63, 3.8) is 0 Å².